The van der Waals surface area contributed by atoms with Crippen molar-refractivity contribution in [1.82, 2.24) is 10.2 Å². The highest BCUT2D eigenvalue weighted by Gasteiger charge is 2.11. The van der Waals surface area contributed by atoms with Crippen LogP contribution in [0.2, 0.25) is 0 Å². The second kappa shape index (κ2) is 12.3. The molecule has 0 unspecified atom stereocenters. The number of halogens is 1. The Balaban J connectivity index is 0.00000364. The number of methoxy groups -OCH3 is 2. The number of aliphatic imine (C=N–C) groups is 1. The summed E-state index contributed by atoms with van der Waals surface area (Å²) in [4.78, 5) is 6.73. The fourth-order valence-corrected chi connectivity index (χ4v) is 2.51. The molecule has 1 aromatic carbocycles. The molecule has 0 aliphatic carbocycles. The normalized spacial score (nSPS) is 10.7. The van der Waals surface area contributed by atoms with Gasteiger partial charge in [0.2, 0.25) is 0 Å². The first-order chi connectivity index (χ1) is 12.7. The van der Waals surface area contributed by atoms with Crippen LogP contribution in [0.5, 0.6) is 11.5 Å². The fraction of sp³-hybridized carbons (Fsp3) is 0.350. The van der Waals surface area contributed by atoms with E-state index in [2.05, 4.69) is 21.8 Å². The number of nitrogens with one attached hydrogen (secondary N) is 1. The van der Waals surface area contributed by atoms with Gasteiger partial charge in [0, 0.05) is 44.7 Å². The van der Waals surface area contributed by atoms with Crippen molar-refractivity contribution in [3.63, 3.8) is 0 Å². The molecule has 0 atom stereocenters. The van der Waals surface area contributed by atoms with Crippen molar-refractivity contribution in [2.45, 2.75) is 13.0 Å². The zero-order chi connectivity index (χ0) is 18.8. The molecule has 6 nitrogen and oxygen atoms in total. The van der Waals surface area contributed by atoms with Crippen LogP contribution >= 0.6 is 24.0 Å². The van der Waals surface area contributed by atoms with Crippen LogP contribution in [0, 0.1) is 0 Å². The van der Waals surface area contributed by atoms with Crippen LogP contribution < -0.4 is 14.8 Å². The van der Waals surface area contributed by atoms with Crippen molar-refractivity contribution in [2.75, 3.05) is 34.4 Å². The van der Waals surface area contributed by atoms with Gasteiger partial charge >= 0.3 is 0 Å². The van der Waals surface area contributed by atoms with E-state index in [1.165, 1.54) is 0 Å². The quantitative estimate of drug-likeness (QED) is 0.254. The van der Waals surface area contributed by atoms with Crippen molar-refractivity contribution in [1.29, 1.82) is 0 Å². The van der Waals surface area contributed by atoms with Gasteiger partial charge in [-0.3, -0.25) is 4.99 Å². The number of ether oxygens (including phenoxy) is 2. The van der Waals surface area contributed by atoms with Crippen LogP contribution in [0.25, 0.3) is 0 Å². The minimum atomic E-state index is 0. The Morgan fingerprint density at radius 2 is 2.11 bits per heavy atom. The summed E-state index contributed by atoms with van der Waals surface area (Å²) >= 11 is 0. The third-order valence-electron chi connectivity index (χ3n) is 3.87. The Bertz CT molecular complexity index is 717. The zero-order valence-electron chi connectivity index (χ0n) is 16.1. The van der Waals surface area contributed by atoms with Crippen LogP contribution in [0.15, 0.2) is 58.7 Å². The van der Waals surface area contributed by atoms with E-state index in [0.717, 1.165) is 35.2 Å². The number of hydrogen-bond acceptors (Lipinski definition) is 4. The summed E-state index contributed by atoms with van der Waals surface area (Å²) < 4.78 is 16.1. The summed E-state index contributed by atoms with van der Waals surface area (Å²) in [5.41, 5.74) is 1.05. The third kappa shape index (κ3) is 7.16. The Morgan fingerprint density at radius 1 is 1.30 bits per heavy atom. The molecule has 2 rings (SSSR count). The van der Waals surface area contributed by atoms with Crippen LogP contribution in [-0.2, 0) is 13.0 Å². The second-order valence-corrected chi connectivity index (χ2v) is 5.74. The van der Waals surface area contributed by atoms with Crippen molar-refractivity contribution in [3.05, 3.63) is 60.6 Å². The molecule has 7 heteroatoms. The van der Waals surface area contributed by atoms with Gasteiger partial charge in [-0.1, -0.05) is 6.08 Å². The molecule has 0 aliphatic rings. The Morgan fingerprint density at radius 3 is 2.74 bits per heavy atom. The Labute approximate surface area is 178 Å². The largest absolute Gasteiger partial charge is 0.497 e. The molecule has 1 N–H and O–H groups in total. The summed E-state index contributed by atoms with van der Waals surface area (Å²) in [6, 6.07) is 9.66. The van der Waals surface area contributed by atoms with Crippen molar-refractivity contribution < 1.29 is 13.9 Å². The van der Waals surface area contributed by atoms with Gasteiger partial charge in [0.25, 0.3) is 0 Å². The van der Waals surface area contributed by atoms with Gasteiger partial charge in [-0.15, -0.1) is 30.6 Å². The maximum atomic E-state index is 5.48. The van der Waals surface area contributed by atoms with Crippen molar-refractivity contribution >= 4 is 29.9 Å². The molecule has 0 fully saturated rings. The molecule has 0 saturated heterocycles. The molecule has 1 heterocycles. The van der Waals surface area contributed by atoms with Crippen LogP contribution in [0.4, 0.5) is 0 Å². The summed E-state index contributed by atoms with van der Waals surface area (Å²) in [5, 5.41) is 3.29. The lowest BCUT2D eigenvalue weighted by Gasteiger charge is -2.23. The predicted octanol–water partition coefficient (Wildman–Crippen LogP) is 3.72. The predicted molar refractivity (Wildman–Crippen MR) is 119 cm³/mol. The standard InChI is InChI=1S/C20H27N3O3.HI/c1-5-11-21-20(22-12-10-17-7-6-13-26-17)23(2)15-16-8-9-18(24-3)14-19(16)25-4;/h5-9,13-14H,1,10-12,15H2,2-4H3,(H,21,22);1H. The highest BCUT2D eigenvalue weighted by molar-refractivity contribution is 14.0. The van der Waals surface area contributed by atoms with Crippen molar-refractivity contribution in [3.8, 4) is 11.5 Å². The van der Waals surface area contributed by atoms with E-state index in [9.17, 15) is 0 Å². The summed E-state index contributed by atoms with van der Waals surface area (Å²) in [6.45, 7) is 5.69. The number of benzene rings is 1. The van der Waals surface area contributed by atoms with Gasteiger partial charge in [-0.2, -0.15) is 0 Å². The SMILES string of the molecule is C=CCNC(=NCCc1ccco1)N(C)Cc1ccc(OC)cc1OC.I. The molecule has 1 aromatic heterocycles. The average Bonchev–Trinajstić information content (AvgIpc) is 3.18. The van der Waals surface area contributed by atoms with Gasteiger partial charge in [0.05, 0.1) is 20.5 Å². The number of furan rings is 1. The Hall–Kier alpha value is -2.16. The monoisotopic (exact) mass is 485 g/mol. The second-order valence-electron chi connectivity index (χ2n) is 5.74. The molecule has 0 bridgehead atoms. The van der Waals surface area contributed by atoms with Crippen LogP contribution in [0.1, 0.15) is 11.3 Å². The Kier molecular flexibility index (Phi) is 10.4. The van der Waals surface area contributed by atoms with E-state index in [-0.39, 0.29) is 24.0 Å². The molecule has 0 amide bonds. The van der Waals surface area contributed by atoms with E-state index in [1.807, 2.05) is 43.5 Å². The van der Waals surface area contributed by atoms with E-state index in [4.69, 9.17) is 13.9 Å². The number of rotatable bonds is 9. The summed E-state index contributed by atoms with van der Waals surface area (Å²) in [6.07, 6.45) is 4.24. The minimum Gasteiger partial charge on any atom is -0.497 e. The minimum absolute atomic E-state index is 0. The molecule has 0 saturated carbocycles. The average molecular weight is 485 g/mol. The van der Waals surface area contributed by atoms with Gasteiger partial charge in [0.15, 0.2) is 5.96 Å². The molecule has 0 spiro atoms. The topological polar surface area (TPSA) is 59.2 Å². The van der Waals surface area contributed by atoms with Crippen molar-refractivity contribution in [2.24, 2.45) is 4.99 Å². The summed E-state index contributed by atoms with van der Waals surface area (Å²) in [5.74, 6) is 3.28. The van der Waals surface area contributed by atoms with Gasteiger partial charge < -0.3 is 24.1 Å². The zero-order valence-corrected chi connectivity index (χ0v) is 18.4. The lowest BCUT2D eigenvalue weighted by atomic mass is 10.2. The molecular formula is C20H28IN3O3. The van der Waals surface area contributed by atoms with Gasteiger partial charge in [0.1, 0.15) is 17.3 Å². The molecular weight excluding hydrogens is 457 g/mol. The smallest absolute Gasteiger partial charge is 0.194 e. The van der Waals surface area contributed by atoms with Crippen LogP contribution in [0.3, 0.4) is 0 Å². The fourth-order valence-electron chi connectivity index (χ4n) is 2.51. The number of nitrogens with zero attached hydrogens (tertiary/aromatic N) is 2. The number of hydrogen-bond donors (Lipinski definition) is 1. The van der Waals surface area contributed by atoms with E-state index >= 15 is 0 Å². The molecule has 0 radical (unpaired) electrons. The summed E-state index contributed by atoms with van der Waals surface area (Å²) in [7, 11) is 5.29. The highest BCUT2D eigenvalue weighted by Crippen LogP contribution is 2.25. The van der Waals surface area contributed by atoms with Gasteiger partial charge in [-0.25, -0.2) is 0 Å². The lowest BCUT2D eigenvalue weighted by molar-refractivity contribution is 0.382. The first-order valence-corrected chi connectivity index (χ1v) is 8.51. The lowest BCUT2D eigenvalue weighted by Crippen LogP contribution is -2.38. The molecule has 2 aromatic rings. The van der Waals surface area contributed by atoms with Gasteiger partial charge in [-0.05, 0) is 24.3 Å². The first kappa shape index (κ1) is 22.9. The highest BCUT2D eigenvalue weighted by atomic mass is 127. The number of guanidine groups is 1. The molecule has 148 valence electrons. The first-order valence-electron chi connectivity index (χ1n) is 8.51. The van der Waals surface area contributed by atoms with E-state index < -0.39 is 0 Å². The third-order valence-corrected chi connectivity index (χ3v) is 3.87. The molecule has 27 heavy (non-hydrogen) atoms. The molecule has 0 aliphatic heterocycles. The van der Waals surface area contributed by atoms with E-state index in [0.29, 0.717) is 19.6 Å². The van der Waals surface area contributed by atoms with E-state index in [1.54, 1.807) is 20.5 Å². The maximum Gasteiger partial charge on any atom is 0.194 e. The van der Waals surface area contributed by atoms with Crippen LogP contribution in [-0.4, -0.2) is 45.2 Å². The maximum absolute atomic E-state index is 5.48.